The molecule has 2 rings (SSSR count). The van der Waals surface area contributed by atoms with Gasteiger partial charge in [-0.05, 0) is 18.1 Å². The van der Waals surface area contributed by atoms with Gasteiger partial charge < -0.3 is 24.7 Å². The number of hydrogen-bond donors (Lipinski definition) is 2. The van der Waals surface area contributed by atoms with Crippen LogP contribution in [-0.2, 0) is 13.0 Å². The molecule has 0 radical (unpaired) electrons. The van der Waals surface area contributed by atoms with Crippen LogP contribution in [0.3, 0.4) is 0 Å². The summed E-state index contributed by atoms with van der Waals surface area (Å²) in [4.78, 5) is 15.7. The van der Waals surface area contributed by atoms with Crippen molar-refractivity contribution in [1.82, 2.24) is 20.2 Å². The zero-order valence-corrected chi connectivity index (χ0v) is 13.4. The van der Waals surface area contributed by atoms with E-state index in [-0.39, 0.29) is 6.03 Å². The Morgan fingerprint density at radius 1 is 1.22 bits per heavy atom. The Bertz CT molecular complexity index is 614. The van der Waals surface area contributed by atoms with Crippen molar-refractivity contribution in [3.8, 4) is 11.5 Å². The molecule has 2 aromatic rings. The first-order valence-corrected chi connectivity index (χ1v) is 7.41. The molecule has 0 saturated carbocycles. The van der Waals surface area contributed by atoms with Crippen molar-refractivity contribution in [3.05, 3.63) is 42.5 Å². The van der Waals surface area contributed by atoms with Crippen molar-refractivity contribution in [3.63, 3.8) is 0 Å². The van der Waals surface area contributed by atoms with E-state index in [1.54, 1.807) is 26.7 Å². The highest BCUT2D eigenvalue weighted by molar-refractivity contribution is 5.73. The predicted molar refractivity (Wildman–Crippen MR) is 86.9 cm³/mol. The summed E-state index contributed by atoms with van der Waals surface area (Å²) in [7, 11) is 3.23. The number of methoxy groups -OCH3 is 2. The summed E-state index contributed by atoms with van der Waals surface area (Å²) in [6, 6.07) is 5.47. The van der Waals surface area contributed by atoms with E-state index in [4.69, 9.17) is 9.47 Å². The van der Waals surface area contributed by atoms with Gasteiger partial charge in [0, 0.05) is 38.1 Å². The third-order valence-electron chi connectivity index (χ3n) is 3.39. The summed E-state index contributed by atoms with van der Waals surface area (Å²) in [5.74, 6) is 1.50. The van der Waals surface area contributed by atoms with Crippen LogP contribution in [0.25, 0.3) is 0 Å². The minimum atomic E-state index is -0.183. The van der Waals surface area contributed by atoms with Crippen LogP contribution in [0.5, 0.6) is 11.5 Å². The van der Waals surface area contributed by atoms with E-state index >= 15 is 0 Å². The van der Waals surface area contributed by atoms with Gasteiger partial charge in [0.15, 0.2) is 0 Å². The fourth-order valence-corrected chi connectivity index (χ4v) is 2.15. The molecular weight excluding hydrogens is 296 g/mol. The Kier molecular flexibility index (Phi) is 6.28. The number of amides is 2. The molecule has 0 bridgehead atoms. The third-order valence-corrected chi connectivity index (χ3v) is 3.39. The Balaban J connectivity index is 1.70. The third kappa shape index (κ3) is 5.21. The molecule has 0 fully saturated rings. The minimum Gasteiger partial charge on any atom is -0.497 e. The monoisotopic (exact) mass is 318 g/mol. The van der Waals surface area contributed by atoms with Crippen molar-refractivity contribution in [2.45, 2.75) is 13.0 Å². The molecule has 0 spiro atoms. The van der Waals surface area contributed by atoms with Crippen LogP contribution in [0.1, 0.15) is 5.56 Å². The molecule has 7 nitrogen and oxygen atoms in total. The quantitative estimate of drug-likeness (QED) is 0.772. The number of carbonyl (C=O) groups excluding carboxylic acids is 1. The number of nitrogens with one attached hydrogen (secondary N) is 2. The smallest absolute Gasteiger partial charge is 0.314 e. The van der Waals surface area contributed by atoms with Gasteiger partial charge in [-0.2, -0.15) is 0 Å². The van der Waals surface area contributed by atoms with Crippen LogP contribution in [0.4, 0.5) is 4.79 Å². The molecule has 0 atom stereocenters. The standard InChI is InChI=1S/C16H22N4O3/c1-22-14-4-3-13(15(11-14)23-2)5-6-18-16(21)19-8-10-20-9-7-17-12-20/h3-4,7,9,11-12H,5-6,8,10H2,1-2H3,(H2,18,19,21). The van der Waals surface area contributed by atoms with Gasteiger partial charge in [0.25, 0.3) is 0 Å². The largest absolute Gasteiger partial charge is 0.497 e. The molecule has 2 N–H and O–H groups in total. The van der Waals surface area contributed by atoms with E-state index < -0.39 is 0 Å². The fourth-order valence-electron chi connectivity index (χ4n) is 2.15. The molecule has 23 heavy (non-hydrogen) atoms. The highest BCUT2D eigenvalue weighted by Gasteiger charge is 2.06. The maximum absolute atomic E-state index is 11.7. The van der Waals surface area contributed by atoms with Crippen molar-refractivity contribution >= 4 is 6.03 Å². The van der Waals surface area contributed by atoms with Gasteiger partial charge in [0.05, 0.1) is 20.5 Å². The number of aromatic nitrogens is 2. The first-order valence-electron chi connectivity index (χ1n) is 7.41. The zero-order valence-electron chi connectivity index (χ0n) is 13.4. The van der Waals surface area contributed by atoms with Crippen LogP contribution in [-0.4, -0.2) is 42.9 Å². The first-order chi connectivity index (χ1) is 11.2. The molecule has 0 aliphatic carbocycles. The lowest BCUT2D eigenvalue weighted by atomic mass is 10.1. The topological polar surface area (TPSA) is 77.4 Å². The van der Waals surface area contributed by atoms with E-state index in [9.17, 15) is 4.79 Å². The summed E-state index contributed by atoms with van der Waals surface area (Å²) in [5.41, 5.74) is 1.02. The van der Waals surface area contributed by atoms with Gasteiger partial charge in [-0.25, -0.2) is 9.78 Å². The number of imidazole rings is 1. The SMILES string of the molecule is COc1ccc(CCNC(=O)NCCn2ccnc2)c(OC)c1. The number of nitrogens with zero attached hydrogens (tertiary/aromatic N) is 2. The van der Waals surface area contributed by atoms with Crippen LogP contribution in [0.15, 0.2) is 36.9 Å². The van der Waals surface area contributed by atoms with Gasteiger partial charge in [-0.15, -0.1) is 0 Å². The van der Waals surface area contributed by atoms with Gasteiger partial charge >= 0.3 is 6.03 Å². The lowest BCUT2D eigenvalue weighted by molar-refractivity contribution is 0.240. The molecule has 0 aliphatic rings. The van der Waals surface area contributed by atoms with Crippen LogP contribution < -0.4 is 20.1 Å². The predicted octanol–water partition coefficient (Wildman–Crippen LogP) is 1.44. The summed E-state index contributed by atoms with van der Waals surface area (Å²) < 4.78 is 12.4. The number of rotatable bonds is 8. The molecule has 7 heteroatoms. The first kappa shape index (κ1) is 16.7. The van der Waals surface area contributed by atoms with Gasteiger partial charge in [-0.1, -0.05) is 6.07 Å². The van der Waals surface area contributed by atoms with Crippen molar-refractivity contribution in [2.24, 2.45) is 0 Å². The Labute approximate surface area is 135 Å². The van der Waals surface area contributed by atoms with Gasteiger partial charge in [0.2, 0.25) is 0 Å². The molecule has 0 saturated heterocycles. The van der Waals surface area contributed by atoms with E-state index in [0.29, 0.717) is 26.1 Å². The number of urea groups is 1. The average molecular weight is 318 g/mol. The fraction of sp³-hybridized carbons (Fsp3) is 0.375. The maximum atomic E-state index is 11.7. The number of ether oxygens (including phenoxy) is 2. The number of benzene rings is 1. The molecule has 2 amide bonds. The molecule has 0 aliphatic heterocycles. The summed E-state index contributed by atoms with van der Waals surface area (Å²) >= 11 is 0. The Morgan fingerprint density at radius 3 is 2.74 bits per heavy atom. The summed E-state index contributed by atoms with van der Waals surface area (Å²) in [5, 5.41) is 5.63. The van der Waals surface area contributed by atoms with Crippen LogP contribution >= 0.6 is 0 Å². The van der Waals surface area contributed by atoms with Gasteiger partial charge in [-0.3, -0.25) is 0 Å². The van der Waals surface area contributed by atoms with Crippen LogP contribution in [0.2, 0.25) is 0 Å². The molecule has 0 unspecified atom stereocenters. The Hall–Kier alpha value is -2.70. The lowest BCUT2D eigenvalue weighted by Gasteiger charge is -2.11. The summed E-state index contributed by atoms with van der Waals surface area (Å²) in [6.45, 7) is 1.77. The normalized spacial score (nSPS) is 10.2. The Morgan fingerprint density at radius 2 is 2.04 bits per heavy atom. The summed E-state index contributed by atoms with van der Waals surface area (Å²) in [6.07, 6.45) is 5.97. The zero-order chi connectivity index (χ0) is 16.5. The van der Waals surface area contributed by atoms with Crippen LogP contribution in [0, 0.1) is 0 Å². The average Bonchev–Trinajstić information content (AvgIpc) is 3.08. The van der Waals surface area contributed by atoms with E-state index in [2.05, 4.69) is 15.6 Å². The maximum Gasteiger partial charge on any atom is 0.314 e. The minimum absolute atomic E-state index is 0.183. The lowest BCUT2D eigenvalue weighted by Crippen LogP contribution is -2.38. The molecule has 1 heterocycles. The van der Waals surface area contributed by atoms with Crippen molar-refractivity contribution in [1.29, 1.82) is 0 Å². The van der Waals surface area contributed by atoms with E-state index in [1.807, 2.05) is 29.0 Å². The molecular formula is C16H22N4O3. The molecule has 1 aromatic carbocycles. The second-order valence-electron chi connectivity index (χ2n) is 4.91. The molecule has 124 valence electrons. The van der Waals surface area contributed by atoms with Crippen molar-refractivity contribution in [2.75, 3.05) is 27.3 Å². The second-order valence-corrected chi connectivity index (χ2v) is 4.91. The van der Waals surface area contributed by atoms with E-state index in [1.165, 1.54) is 0 Å². The number of hydrogen-bond acceptors (Lipinski definition) is 4. The van der Waals surface area contributed by atoms with Crippen molar-refractivity contribution < 1.29 is 14.3 Å². The molecule has 1 aromatic heterocycles. The van der Waals surface area contributed by atoms with Gasteiger partial charge in [0.1, 0.15) is 11.5 Å². The highest BCUT2D eigenvalue weighted by atomic mass is 16.5. The highest BCUT2D eigenvalue weighted by Crippen LogP contribution is 2.24. The van der Waals surface area contributed by atoms with E-state index in [0.717, 1.165) is 17.1 Å². The number of carbonyl (C=O) groups is 1. The second kappa shape index (κ2) is 8.67.